The monoisotopic (exact) mass is 333 g/mol. The molecule has 3 aliphatic rings. The molecule has 24 heavy (non-hydrogen) atoms. The standard InChI is InChI=1S/C18H27N3O3/c1-11-7-14-15(12(2)24-11)19-20(3)16(14)17(22)21-8-18(9-21,10-23-4)13-5-6-13/h11-13H,5-10H2,1-4H3/t11-,12+/m1/s1. The van der Waals surface area contributed by atoms with E-state index in [0.717, 1.165) is 49.0 Å². The third-order valence-electron chi connectivity index (χ3n) is 5.87. The van der Waals surface area contributed by atoms with Gasteiger partial charge in [-0.2, -0.15) is 5.10 Å². The first-order valence-electron chi connectivity index (χ1n) is 8.94. The summed E-state index contributed by atoms with van der Waals surface area (Å²) in [6, 6.07) is 0. The van der Waals surface area contributed by atoms with Crippen LogP contribution in [0.2, 0.25) is 0 Å². The Kier molecular flexibility index (Phi) is 3.73. The van der Waals surface area contributed by atoms with Crippen molar-refractivity contribution in [1.82, 2.24) is 14.7 Å². The van der Waals surface area contributed by atoms with Crippen LogP contribution in [-0.2, 0) is 22.9 Å². The van der Waals surface area contributed by atoms with Gasteiger partial charge in [-0.25, -0.2) is 0 Å². The summed E-state index contributed by atoms with van der Waals surface area (Å²) in [6.45, 7) is 6.45. The van der Waals surface area contributed by atoms with Gasteiger partial charge in [-0.1, -0.05) is 0 Å². The van der Waals surface area contributed by atoms with E-state index >= 15 is 0 Å². The SMILES string of the molecule is COCC1(C2CC2)CN(C(=O)c2c3c(nn2C)[C@H](C)O[C@H](C)C3)C1. The van der Waals surface area contributed by atoms with Gasteiger partial charge in [-0.05, 0) is 32.6 Å². The molecule has 0 spiro atoms. The Morgan fingerprint density at radius 3 is 2.71 bits per heavy atom. The molecule has 1 saturated carbocycles. The van der Waals surface area contributed by atoms with Gasteiger partial charge >= 0.3 is 0 Å². The topological polar surface area (TPSA) is 56.6 Å². The van der Waals surface area contributed by atoms with Crippen molar-refractivity contribution in [1.29, 1.82) is 0 Å². The molecule has 132 valence electrons. The van der Waals surface area contributed by atoms with Crippen molar-refractivity contribution in [3.63, 3.8) is 0 Å². The van der Waals surface area contributed by atoms with Gasteiger partial charge in [0.25, 0.3) is 5.91 Å². The van der Waals surface area contributed by atoms with Gasteiger partial charge < -0.3 is 14.4 Å². The maximum Gasteiger partial charge on any atom is 0.272 e. The van der Waals surface area contributed by atoms with Gasteiger partial charge in [0, 0.05) is 44.6 Å². The predicted molar refractivity (Wildman–Crippen MR) is 88.8 cm³/mol. The van der Waals surface area contributed by atoms with Crippen molar-refractivity contribution in [2.24, 2.45) is 18.4 Å². The fraction of sp³-hybridized carbons (Fsp3) is 0.778. The number of hydrogen-bond donors (Lipinski definition) is 0. The van der Waals surface area contributed by atoms with Crippen LogP contribution in [0.1, 0.15) is 54.5 Å². The Labute approximate surface area is 143 Å². The molecule has 1 aromatic heterocycles. The van der Waals surface area contributed by atoms with E-state index in [9.17, 15) is 4.79 Å². The molecular formula is C18H27N3O3. The first-order chi connectivity index (χ1) is 11.4. The minimum absolute atomic E-state index is 0.0491. The van der Waals surface area contributed by atoms with Gasteiger partial charge in [0.15, 0.2) is 0 Å². The summed E-state index contributed by atoms with van der Waals surface area (Å²) >= 11 is 0. The van der Waals surface area contributed by atoms with Gasteiger partial charge in [-0.15, -0.1) is 0 Å². The fourth-order valence-corrected chi connectivity index (χ4v) is 4.59. The van der Waals surface area contributed by atoms with Crippen LogP contribution in [0.5, 0.6) is 0 Å². The number of aryl methyl sites for hydroxylation is 1. The first-order valence-corrected chi connectivity index (χ1v) is 8.94. The van der Waals surface area contributed by atoms with Crippen molar-refractivity contribution >= 4 is 5.91 Å². The van der Waals surface area contributed by atoms with Crippen LogP contribution in [0.3, 0.4) is 0 Å². The average Bonchev–Trinajstić information content (AvgIpc) is 3.26. The van der Waals surface area contributed by atoms with Gasteiger partial charge in [0.05, 0.1) is 24.5 Å². The highest BCUT2D eigenvalue weighted by atomic mass is 16.5. The van der Waals surface area contributed by atoms with Crippen LogP contribution in [0.25, 0.3) is 0 Å². The van der Waals surface area contributed by atoms with E-state index < -0.39 is 0 Å². The maximum absolute atomic E-state index is 13.1. The zero-order valence-electron chi connectivity index (χ0n) is 15.0. The summed E-state index contributed by atoms with van der Waals surface area (Å²) in [4.78, 5) is 15.1. The Bertz CT molecular complexity index is 659. The fourth-order valence-electron chi connectivity index (χ4n) is 4.59. The van der Waals surface area contributed by atoms with Crippen LogP contribution in [0.4, 0.5) is 0 Å². The third-order valence-corrected chi connectivity index (χ3v) is 5.87. The lowest BCUT2D eigenvalue weighted by molar-refractivity contribution is -0.0541. The second-order valence-corrected chi connectivity index (χ2v) is 7.86. The molecule has 1 aromatic rings. The Morgan fingerprint density at radius 2 is 2.08 bits per heavy atom. The average molecular weight is 333 g/mol. The number of likely N-dealkylation sites (tertiary alicyclic amines) is 1. The molecule has 0 unspecified atom stereocenters. The lowest BCUT2D eigenvalue weighted by Crippen LogP contribution is -2.61. The highest BCUT2D eigenvalue weighted by molar-refractivity contribution is 5.95. The van der Waals surface area contributed by atoms with Crippen molar-refractivity contribution < 1.29 is 14.3 Å². The van der Waals surface area contributed by atoms with E-state index in [1.165, 1.54) is 12.8 Å². The van der Waals surface area contributed by atoms with Gasteiger partial charge in [0.2, 0.25) is 0 Å². The van der Waals surface area contributed by atoms with E-state index in [-0.39, 0.29) is 23.5 Å². The molecule has 2 aliphatic heterocycles. The molecule has 6 heteroatoms. The molecule has 2 atom stereocenters. The van der Waals surface area contributed by atoms with Crippen LogP contribution in [0.15, 0.2) is 0 Å². The van der Waals surface area contributed by atoms with Crippen LogP contribution in [-0.4, -0.2) is 53.5 Å². The number of ether oxygens (including phenoxy) is 2. The quantitative estimate of drug-likeness (QED) is 0.845. The normalized spacial score (nSPS) is 28.4. The molecule has 0 radical (unpaired) electrons. The molecule has 1 saturated heterocycles. The number of aromatic nitrogens is 2. The summed E-state index contributed by atoms with van der Waals surface area (Å²) in [5, 5.41) is 4.57. The molecule has 6 nitrogen and oxygen atoms in total. The number of hydrogen-bond acceptors (Lipinski definition) is 4. The molecule has 1 amide bonds. The second kappa shape index (κ2) is 5.56. The molecular weight excluding hydrogens is 306 g/mol. The van der Waals surface area contributed by atoms with Crippen molar-refractivity contribution in [2.75, 3.05) is 26.8 Å². The Balaban J connectivity index is 1.56. The number of nitrogens with zero attached hydrogens (tertiary/aromatic N) is 3. The zero-order chi connectivity index (χ0) is 17.1. The van der Waals surface area contributed by atoms with Crippen molar-refractivity contribution in [3.05, 3.63) is 17.0 Å². The van der Waals surface area contributed by atoms with E-state index in [2.05, 4.69) is 12.0 Å². The van der Waals surface area contributed by atoms with Crippen molar-refractivity contribution in [3.8, 4) is 0 Å². The molecule has 0 aromatic carbocycles. The van der Waals surface area contributed by atoms with E-state index in [1.807, 2.05) is 18.9 Å². The van der Waals surface area contributed by atoms with E-state index in [1.54, 1.807) is 11.8 Å². The van der Waals surface area contributed by atoms with Crippen LogP contribution >= 0.6 is 0 Å². The lowest BCUT2D eigenvalue weighted by atomic mass is 9.75. The van der Waals surface area contributed by atoms with Crippen LogP contribution in [0, 0.1) is 11.3 Å². The van der Waals surface area contributed by atoms with Gasteiger partial charge in [-0.3, -0.25) is 9.48 Å². The number of fused-ring (bicyclic) bond motifs is 1. The van der Waals surface area contributed by atoms with Crippen molar-refractivity contribution in [2.45, 2.75) is 45.3 Å². The molecule has 3 heterocycles. The number of rotatable bonds is 4. The molecule has 2 fully saturated rings. The smallest absolute Gasteiger partial charge is 0.272 e. The minimum Gasteiger partial charge on any atom is -0.384 e. The lowest BCUT2D eigenvalue weighted by Gasteiger charge is -2.50. The number of carbonyl (C=O) groups excluding carboxylic acids is 1. The summed E-state index contributed by atoms with van der Waals surface area (Å²) in [6.07, 6.45) is 3.39. The highest BCUT2D eigenvalue weighted by Crippen LogP contribution is 2.51. The largest absolute Gasteiger partial charge is 0.384 e. The first kappa shape index (κ1) is 16.1. The summed E-state index contributed by atoms with van der Waals surface area (Å²) < 4.78 is 13.0. The Morgan fingerprint density at radius 1 is 1.38 bits per heavy atom. The maximum atomic E-state index is 13.1. The number of methoxy groups -OCH3 is 1. The van der Waals surface area contributed by atoms with Crippen LogP contribution < -0.4 is 0 Å². The summed E-state index contributed by atoms with van der Waals surface area (Å²) in [7, 11) is 3.63. The third kappa shape index (κ3) is 2.39. The highest BCUT2D eigenvalue weighted by Gasteiger charge is 2.55. The van der Waals surface area contributed by atoms with E-state index in [4.69, 9.17) is 9.47 Å². The Hall–Kier alpha value is -1.40. The number of amides is 1. The summed E-state index contributed by atoms with van der Waals surface area (Å²) in [5.41, 5.74) is 2.93. The van der Waals surface area contributed by atoms with E-state index in [0.29, 0.717) is 0 Å². The van der Waals surface area contributed by atoms with Gasteiger partial charge in [0.1, 0.15) is 5.69 Å². The minimum atomic E-state index is -0.0491. The second-order valence-electron chi connectivity index (χ2n) is 7.86. The number of carbonyl (C=O) groups is 1. The summed E-state index contributed by atoms with van der Waals surface area (Å²) in [5.74, 6) is 0.843. The molecule has 0 bridgehead atoms. The zero-order valence-corrected chi connectivity index (χ0v) is 15.0. The predicted octanol–water partition coefficient (Wildman–Crippen LogP) is 1.94. The molecule has 4 rings (SSSR count). The molecule has 0 N–H and O–H groups in total. The molecule has 1 aliphatic carbocycles.